The summed E-state index contributed by atoms with van der Waals surface area (Å²) in [4.78, 5) is 11.0. The fraction of sp³-hybridized carbons (Fsp3) is 0.200. The van der Waals surface area contributed by atoms with Crippen molar-refractivity contribution in [3.8, 4) is 6.07 Å². The Labute approximate surface area is 94.6 Å². The molecular weight excluding hydrogens is 265 g/mol. The number of ether oxygens (including phenoxy) is 1. The van der Waals surface area contributed by atoms with Gasteiger partial charge in [0.05, 0.1) is 23.6 Å². The van der Waals surface area contributed by atoms with Gasteiger partial charge in [0, 0.05) is 0 Å². The van der Waals surface area contributed by atoms with Crippen LogP contribution in [-0.4, -0.2) is 13.1 Å². The minimum atomic E-state index is -0.528. The molecule has 0 fully saturated rings. The molecule has 0 bridgehead atoms. The molecule has 0 atom stereocenters. The average Bonchev–Trinajstić information content (AvgIpc) is 2.24. The van der Waals surface area contributed by atoms with Gasteiger partial charge in [-0.2, -0.15) is 5.26 Å². The van der Waals surface area contributed by atoms with Crippen LogP contribution >= 0.6 is 15.9 Å². The van der Waals surface area contributed by atoms with Crippen molar-refractivity contribution in [2.45, 2.75) is 6.42 Å². The molecule has 0 radical (unpaired) electrons. The van der Waals surface area contributed by atoms with Gasteiger partial charge in [-0.25, -0.2) is 4.39 Å². The molecule has 1 rings (SSSR count). The summed E-state index contributed by atoms with van der Waals surface area (Å²) in [6.45, 7) is 0. The fourth-order valence-electron chi connectivity index (χ4n) is 1.09. The molecule has 0 spiro atoms. The molecule has 0 saturated heterocycles. The number of methoxy groups -OCH3 is 1. The lowest BCUT2D eigenvalue weighted by molar-refractivity contribution is -0.139. The van der Waals surface area contributed by atoms with Gasteiger partial charge in [0.1, 0.15) is 11.9 Å². The number of carbonyl (C=O) groups is 1. The number of esters is 1. The Hall–Kier alpha value is -1.41. The Kier molecular flexibility index (Phi) is 3.81. The molecule has 1 aromatic rings. The smallest absolute Gasteiger partial charge is 0.310 e. The third-order valence-electron chi connectivity index (χ3n) is 1.86. The number of hydrogen-bond acceptors (Lipinski definition) is 3. The van der Waals surface area contributed by atoms with E-state index in [0.717, 1.165) is 0 Å². The Morgan fingerprint density at radius 2 is 2.33 bits per heavy atom. The Balaban J connectivity index is 3.15. The zero-order valence-electron chi connectivity index (χ0n) is 7.88. The fourth-order valence-corrected chi connectivity index (χ4v) is 1.56. The van der Waals surface area contributed by atoms with Gasteiger partial charge in [-0.1, -0.05) is 6.07 Å². The molecule has 0 unspecified atom stereocenters. The highest BCUT2D eigenvalue weighted by Crippen LogP contribution is 2.23. The number of carbonyl (C=O) groups excluding carboxylic acids is 1. The van der Waals surface area contributed by atoms with Gasteiger partial charge in [0.15, 0.2) is 0 Å². The summed E-state index contributed by atoms with van der Waals surface area (Å²) < 4.78 is 17.6. The third-order valence-corrected chi connectivity index (χ3v) is 2.63. The Morgan fingerprint density at radius 3 is 2.87 bits per heavy atom. The molecule has 0 saturated carbocycles. The molecule has 0 aliphatic heterocycles. The summed E-state index contributed by atoms with van der Waals surface area (Å²) in [5, 5.41) is 8.81. The number of nitriles is 1. The van der Waals surface area contributed by atoms with Crippen molar-refractivity contribution in [1.82, 2.24) is 0 Å². The van der Waals surface area contributed by atoms with Crippen LogP contribution in [0.2, 0.25) is 0 Å². The van der Waals surface area contributed by atoms with Crippen LogP contribution in [0.4, 0.5) is 4.39 Å². The van der Waals surface area contributed by atoms with Crippen molar-refractivity contribution in [2.24, 2.45) is 0 Å². The highest BCUT2D eigenvalue weighted by atomic mass is 79.9. The number of halogens is 2. The molecule has 0 aliphatic carbocycles. The number of rotatable bonds is 2. The highest BCUT2D eigenvalue weighted by molar-refractivity contribution is 9.10. The lowest BCUT2D eigenvalue weighted by Crippen LogP contribution is -2.06. The molecule has 0 aromatic heterocycles. The first-order valence-electron chi connectivity index (χ1n) is 4.04. The van der Waals surface area contributed by atoms with E-state index in [-0.39, 0.29) is 16.5 Å². The van der Waals surface area contributed by atoms with Crippen molar-refractivity contribution in [1.29, 1.82) is 5.26 Å². The Morgan fingerprint density at radius 1 is 1.67 bits per heavy atom. The lowest BCUT2D eigenvalue weighted by Gasteiger charge is -2.05. The monoisotopic (exact) mass is 271 g/mol. The maximum absolute atomic E-state index is 13.1. The van der Waals surface area contributed by atoms with E-state index < -0.39 is 11.8 Å². The maximum Gasteiger partial charge on any atom is 0.310 e. The van der Waals surface area contributed by atoms with Crippen LogP contribution in [-0.2, 0) is 16.0 Å². The van der Waals surface area contributed by atoms with Crippen LogP contribution in [0.5, 0.6) is 0 Å². The van der Waals surface area contributed by atoms with Crippen LogP contribution in [0.3, 0.4) is 0 Å². The second-order valence-electron chi connectivity index (χ2n) is 2.76. The van der Waals surface area contributed by atoms with Gasteiger partial charge in [0.25, 0.3) is 0 Å². The van der Waals surface area contributed by atoms with E-state index in [9.17, 15) is 9.18 Å². The van der Waals surface area contributed by atoms with Crippen LogP contribution in [0.25, 0.3) is 0 Å². The maximum atomic E-state index is 13.1. The van der Waals surface area contributed by atoms with E-state index >= 15 is 0 Å². The molecule has 5 heteroatoms. The molecular formula is C10H7BrFNO2. The number of benzene rings is 1. The predicted molar refractivity (Wildman–Crippen MR) is 54.5 cm³/mol. The van der Waals surface area contributed by atoms with E-state index in [1.165, 1.54) is 19.2 Å². The number of nitrogens with zero attached hydrogens (tertiary/aromatic N) is 1. The van der Waals surface area contributed by atoms with Crippen LogP contribution < -0.4 is 0 Å². The molecule has 1 aromatic carbocycles. The van der Waals surface area contributed by atoms with Gasteiger partial charge in [-0.3, -0.25) is 4.79 Å². The molecule has 0 heterocycles. The lowest BCUT2D eigenvalue weighted by atomic mass is 10.1. The normalized spacial score (nSPS) is 9.47. The van der Waals surface area contributed by atoms with Crippen molar-refractivity contribution in [2.75, 3.05) is 7.11 Å². The summed E-state index contributed by atoms with van der Waals surface area (Å²) in [5.74, 6) is -0.995. The minimum Gasteiger partial charge on any atom is -0.469 e. The largest absolute Gasteiger partial charge is 0.469 e. The summed E-state index contributed by atoms with van der Waals surface area (Å²) in [6.07, 6.45) is -0.0434. The Bertz CT molecular complexity index is 440. The quantitative estimate of drug-likeness (QED) is 0.775. The summed E-state index contributed by atoms with van der Waals surface area (Å²) in [7, 11) is 1.26. The first-order chi connectivity index (χ1) is 7.10. The van der Waals surface area contributed by atoms with Gasteiger partial charge >= 0.3 is 5.97 Å². The van der Waals surface area contributed by atoms with E-state index in [2.05, 4.69) is 20.7 Å². The van der Waals surface area contributed by atoms with Gasteiger partial charge in [-0.05, 0) is 27.6 Å². The first kappa shape index (κ1) is 11.7. The van der Waals surface area contributed by atoms with Crippen molar-refractivity contribution in [3.63, 3.8) is 0 Å². The average molecular weight is 272 g/mol. The SMILES string of the molecule is COC(=O)Cc1ccc(F)c(Br)c1C#N. The van der Waals surface area contributed by atoms with E-state index in [4.69, 9.17) is 5.26 Å². The van der Waals surface area contributed by atoms with Crippen molar-refractivity contribution < 1.29 is 13.9 Å². The van der Waals surface area contributed by atoms with E-state index in [0.29, 0.717) is 5.56 Å². The second kappa shape index (κ2) is 4.89. The first-order valence-corrected chi connectivity index (χ1v) is 4.83. The minimum absolute atomic E-state index is 0.0434. The zero-order chi connectivity index (χ0) is 11.4. The van der Waals surface area contributed by atoms with Crippen LogP contribution in [0.15, 0.2) is 16.6 Å². The summed E-state index contributed by atoms with van der Waals surface area (Å²) in [5.41, 5.74) is 0.568. The standard InChI is InChI=1S/C10H7BrFNO2/c1-15-9(14)4-6-2-3-8(12)10(11)7(6)5-13/h2-3H,4H2,1H3. The number of hydrogen-bond donors (Lipinski definition) is 0. The molecule has 0 aliphatic rings. The van der Waals surface area contributed by atoms with Gasteiger partial charge in [0.2, 0.25) is 0 Å². The molecule has 15 heavy (non-hydrogen) atoms. The summed E-state index contributed by atoms with van der Waals surface area (Å²) >= 11 is 2.95. The van der Waals surface area contributed by atoms with Crippen molar-refractivity contribution in [3.05, 3.63) is 33.5 Å². The molecule has 0 N–H and O–H groups in total. The zero-order valence-corrected chi connectivity index (χ0v) is 9.47. The topological polar surface area (TPSA) is 50.1 Å². The van der Waals surface area contributed by atoms with Crippen molar-refractivity contribution >= 4 is 21.9 Å². The highest BCUT2D eigenvalue weighted by Gasteiger charge is 2.13. The van der Waals surface area contributed by atoms with Crippen LogP contribution in [0.1, 0.15) is 11.1 Å². The van der Waals surface area contributed by atoms with Gasteiger partial charge < -0.3 is 4.74 Å². The molecule has 3 nitrogen and oxygen atoms in total. The summed E-state index contributed by atoms with van der Waals surface area (Å²) in [6, 6.07) is 4.44. The predicted octanol–water partition coefficient (Wildman–Crippen LogP) is 2.18. The molecule has 0 amide bonds. The second-order valence-corrected chi connectivity index (χ2v) is 3.55. The molecule has 78 valence electrons. The van der Waals surface area contributed by atoms with E-state index in [1.807, 2.05) is 6.07 Å². The van der Waals surface area contributed by atoms with Gasteiger partial charge in [-0.15, -0.1) is 0 Å². The third kappa shape index (κ3) is 2.54. The van der Waals surface area contributed by atoms with Crippen LogP contribution in [0, 0.1) is 17.1 Å². The van der Waals surface area contributed by atoms with E-state index in [1.54, 1.807) is 0 Å².